The normalized spacial score (nSPS) is 15.3. The SMILES string of the molecule is CNc1ncc2c(N3CCCCC3)cc(Br)c(OC)c2n1. The Morgan fingerprint density at radius 2 is 2.05 bits per heavy atom. The van der Waals surface area contributed by atoms with Crippen molar-refractivity contribution in [3.63, 3.8) is 0 Å². The lowest BCUT2D eigenvalue weighted by Gasteiger charge is -2.30. The van der Waals surface area contributed by atoms with Crippen molar-refractivity contribution in [1.82, 2.24) is 9.97 Å². The average molecular weight is 351 g/mol. The van der Waals surface area contributed by atoms with Crippen molar-refractivity contribution in [2.45, 2.75) is 19.3 Å². The summed E-state index contributed by atoms with van der Waals surface area (Å²) in [6.07, 6.45) is 5.67. The highest BCUT2D eigenvalue weighted by Crippen LogP contribution is 2.39. The van der Waals surface area contributed by atoms with Gasteiger partial charge >= 0.3 is 0 Å². The number of halogens is 1. The fourth-order valence-corrected chi connectivity index (χ4v) is 3.40. The molecule has 1 aliphatic rings. The third-order valence-corrected chi connectivity index (χ3v) is 4.47. The summed E-state index contributed by atoms with van der Waals surface area (Å²) >= 11 is 3.61. The molecule has 5 nitrogen and oxygen atoms in total. The van der Waals surface area contributed by atoms with Gasteiger partial charge in [-0.05, 0) is 41.3 Å². The van der Waals surface area contributed by atoms with E-state index in [-0.39, 0.29) is 0 Å². The molecule has 0 unspecified atom stereocenters. The quantitative estimate of drug-likeness (QED) is 0.918. The highest BCUT2D eigenvalue weighted by atomic mass is 79.9. The zero-order chi connectivity index (χ0) is 14.8. The summed E-state index contributed by atoms with van der Waals surface area (Å²) < 4.78 is 6.45. The van der Waals surface area contributed by atoms with E-state index < -0.39 is 0 Å². The molecule has 0 radical (unpaired) electrons. The van der Waals surface area contributed by atoms with Crippen LogP contribution >= 0.6 is 15.9 Å². The maximum Gasteiger partial charge on any atom is 0.223 e. The van der Waals surface area contributed by atoms with Crippen LogP contribution in [0.5, 0.6) is 5.75 Å². The summed E-state index contributed by atoms with van der Waals surface area (Å²) in [4.78, 5) is 11.4. The third kappa shape index (κ3) is 2.64. The molecule has 3 rings (SSSR count). The van der Waals surface area contributed by atoms with E-state index >= 15 is 0 Å². The van der Waals surface area contributed by atoms with Gasteiger partial charge in [-0.25, -0.2) is 9.97 Å². The average Bonchev–Trinajstić information content (AvgIpc) is 2.54. The zero-order valence-corrected chi connectivity index (χ0v) is 13.9. The molecule has 1 saturated heterocycles. The molecule has 0 amide bonds. The summed E-state index contributed by atoms with van der Waals surface area (Å²) in [6, 6.07) is 2.12. The molecule has 6 heteroatoms. The minimum atomic E-state index is 0.600. The van der Waals surface area contributed by atoms with Gasteiger partial charge in [0.2, 0.25) is 5.95 Å². The molecule has 1 aromatic heterocycles. The number of hydrogen-bond acceptors (Lipinski definition) is 5. The minimum Gasteiger partial charge on any atom is -0.493 e. The lowest BCUT2D eigenvalue weighted by molar-refractivity contribution is 0.416. The highest BCUT2D eigenvalue weighted by molar-refractivity contribution is 9.10. The Labute approximate surface area is 132 Å². The van der Waals surface area contributed by atoms with Crippen LogP contribution in [0.1, 0.15) is 19.3 Å². The van der Waals surface area contributed by atoms with Crippen molar-refractivity contribution in [2.24, 2.45) is 0 Å². The molecule has 2 heterocycles. The van der Waals surface area contributed by atoms with E-state index in [1.807, 2.05) is 13.2 Å². The van der Waals surface area contributed by atoms with E-state index in [4.69, 9.17) is 4.74 Å². The molecule has 112 valence electrons. The molecule has 2 aromatic rings. The Hall–Kier alpha value is -1.56. The van der Waals surface area contributed by atoms with Gasteiger partial charge < -0.3 is 15.0 Å². The summed E-state index contributed by atoms with van der Waals surface area (Å²) in [5.41, 5.74) is 2.02. The maximum absolute atomic E-state index is 5.52. The van der Waals surface area contributed by atoms with E-state index in [0.717, 1.165) is 34.2 Å². The number of rotatable bonds is 3. The van der Waals surface area contributed by atoms with Gasteiger partial charge in [-0.2, -0.15) is 0 Å². The molecule has 0 atom stereocenters. The Morgan fingerprint density at radius 3 is 2.71 bits per heavy atom. The number of hydrogen-bond donors (Lipinski definition) is 1. The van der Waals surface area contributed by atoms with Gasteiger partial charge in [-0.3, -0.25) is 0 Å². The summed E-state index contributed by atoms with van der Waals surface area (Å²) in [5.74, 6) is 1.35. The van der Waals surface area contributed by atoms with Crippen molar-refractivity contribution in [1.29, 1.82) is 0 Å². The van der Waals surface area contributed by atoms with Gasteiger partial charge in [-0.1, -0.05) is 0 Å². The van der Waals surface area contributed by atoms with Crippen LogP contribution in [0.15, 0.2) is 16.7 Å². The number of ether oxygens (including phenoxy) is 1. The lowest BCUT2D eigenvalue weighted by Crippen LogP contribution is -2.29. The highest BCUT2D eigenvalue weighted by Gasteiger charge is 2.19. The predicted octanol–water partition coefficient (Wildman–Crippen LogP) is 3.43. The van der Waals surface area contributed by atoms with Crippen molar-refractivity contribution in [3.05, 3.63) is 16.7 Å². The molecule has 0 aliphatic carbocycles. The molecular formula is C15H19BrN4O. The Kier molecular flexibility index (Phi) is 4.14. The van der Waals surface area contributed by atoms with Gasteiger partial charge in [0.1, 0.15) is 5.52 Å². The van der Waals surface area contributed by atoms with E-state index in [9.17, 15) is 0 Å². The van der Waals surface area contributed by atoms with Crippen LogP contribution in [0.25, 0.3) is 10.9 Å². The maximum atomic E-state index is 5.52. The van der Waals surface area contributed by atoms with E-state index in [1.54, 1.807) is 7.11 Å². The zero-order valence-electron chi connectivity index (χ0n) is 12.3. The predicted molar refractivity (Wildman–Crippen MR) is 89.4 cm³/mol. The molecule has 0 saturated carbocycles. The lowest BCUT2D eigenvalue weighted by atomic mass is 10.1. The largest absolute Gasteiger partial charge is 0.493 e. The second kappa shape index (κ2) is 6.05. The van der Waals surface area contributed by atoms with E-state index in [1.165, 1.54) is 24.9 Å². The van der Waals surface area contributed by atoms with Gasteiger partial charge in [0.05, 0.1) is 11.6 Å². The number of nitrogens with one attached hydrogen (secondary N) is 1. The fraction of sp³-hybridized carbons (Fsp3) is 0.467. The van der Waals surface area contributed by atoms with Crippen LogP contribution in [0, 0.1) is 0 Å². The van der Waals surface area contributed by atoms with Crippen molar-refractivity contribution < 1.29 is 4.74 Å². The minimum absolute atomic E-state index is 0.600. The number of benzene rings is 1. The number of methoxy groups -OCH3 is 1. The van der Waals surface area contributed by atoms with Crippen molar-refractivity contribution in [3.8, 4) is 5.75 Å². The van der Waals surface area contributed by atoms with Crippen LogP contribution < -0.4 is 15.0 Å². The monoisotopic (exact) mass is 350 g/mol. The van der Waals surface area contributed by atoms with Crippen LogP contribution in [-0.2, 0) is 0 Å². The first-order valence-electron chi connectivity index (χ1n) is 7.20. The first-order chi connectivity index (χ1) is 10.2. The van der Waals surface area contributed by atoms with Crippen LogP contribution in [-0.4, -0.2) is 37.2 Å². The Balaban J connectivity index is 2.20. The summed E-state index contributed by atoms with van der Waals surface area (Å²) in [6.45, 7) is 2.17. The standard InChI is InChI=1S/C15H19BrN4O/c1-17-15-18-9-10-12(20-6-4-3-5-7-20)8-11(16)14(21-2)13(10)19-15/h8-9H,3-7H2,1-2H3,(H,17,18,19). The molecule has 1 aromatic carbocycles. The van der Waals surface area contributed by atoms with Gasteiger partial charge in [0.25, 0.3) is 0 Å². The number of nitrogens with zero attached hydrogens (tertiary/aromatic N) is 3. The first-order valence-corrected chi connectivity index (χ1v) is 8.00. The second-order valence-electron chi connectivity index (χ2n) is 5.16. The van der Waals surface area contributed by atoms with Crippen molar-refractivity contribution >= 4 is 38.5 Å². The fourth-order valence-electron chi connectivity index (χ4n) is 2.83. The van der Waals surface area contributed by atoms with E-state index in [0.29, 0.717) is 5.95 Å². The van der Waals surface area contributed by atoms with Crippen LogP contribution in [0.3, 0.4) is 0 Å². The molecule has 0 bridgehead atoms. The molecular weight excluding hydrogens is 332 g/mol. The first kappa shape index (κ1) is 14.4. The Bertz CT molecular complexity index is 656. The molecule has 0 spiro atoms. The molecule has 21 heavy (non-hydrogen) atoms. The number of aromatic nitrogens is 2. The Morgan fingerprint density at radius 1 is 1.29 bits per heavy atom. The summed E-state index contributed by atoms with van der Waals surface area (Å²) in [5, 5.41) is 4.02. The molecule has 1 fully saturated rings. The smallest absolute Gasteiger partial charge is 0.223 e. The number of anilines is 2. The van der Waals surface area contributed by atoms with Crippen LogP contribution in [0.4, 0.5) is 11.6 Å². The topological polar surface area (TPSA) is 50.3 Å². The van der Waals surface area contributed by atoms with Gasteiger partial charge in [0.15, 0.2) is 5.75 Å². The number of piperidine rings is 1. The molecule has 1 N–H and O–H groups in total. The van der Waals surface area contributed by atoms with E-state index in [2.05, 4.69) is 42.2 Å². The number of fused-ring (bicyclic) bond motifs is 1. The van der Waals surface area contributed by atoms with Gasteiger partial charge in [0, 0.05) is 37.4 Å². The second-order valence-corrected chi connectivity index (χ2v) is 6.02. The van der Waals surface area contributed by atoms with Crippen LogP contribution in [0.2, 0.25) is 0 Å². The molecule has 1 aliphatic heterocycles. The van der Waals surface area contributed by atoms with Gasteiger partial charge in [-0.15, -0.1) is 0 Å². The third-order valence-electron chi connectivity index (χ3n) is 3.88. The van der Waals surface area contributed by atoms with Crippen molar-refractivity contribution in [2.75, 3.05) is 37.5 Å². The summed E-state index contributed by atoms with van der Waals surface area (Å²) in [7, 11) is 3.48.